The van der Waals surface area contributed by atoms with Gasteiger partial charge in [-0.2, -0.15) is 0 Å². The number of hydrogen-bond acceptors (Lipinski definition) is 1. The van der Waals surface area contributed by atoms with Crippen molar-refractivity contribution >= 4 is 21.6 Å². The fraction of sp³-hybridized carbons (Fsp3) is 0.200. The molecule has 2 aromatic carbocycles. The van der Waals surface area contributed by atoms with Crippen molar-refractivity contribution < 1.29 is 4.39 Å². The molecule has 2 aromatic rings. The third kappa shape index (κ3) is 3.10. The molecule has 0 heterocycles. The fourth-order valence-corrected chi connectivity index (χ4v) is 2.11. The highest BCUT2D eigenvalue weighted by atomic mass is 79.9. The Morgan fingerprint density at radius 1 is 1.11 bits per heavy atom. The largest absolute Gasteiger partial charge is 0.380 e. The van der Waals surface area contributed by atoms with Crippen molar-refractivity contribution in [3.63, 3.8) is 0 Å². The predicted molar refractivity (Wildman–Crippen MR) is 77.3 cm³/mol. The summed E-state index contributed by atoms with van der Waals surface area (Å²) in [6, 6.07) is 11.4. The quantitative estimate of drug-likeness (QED) is 0.857. The van der Waals surface area contributed by atoms with Gasteiger partial charge in [0, 0.05) is 16.7 Å². The number of anilines is 1. The summed E-state index contributed by atoms with van der Waals surface area (Å²) in [4.78, 5) is 0. The summed E-state index contributed by atoms with van der Waals surface area (Å²) in [6.07, 6.45) is 0. The van der Waals surface area contributed by atoms with Crippen LogP contribution in [0.5, 0.6) is 0 Å². The Labute approximate surface area is 115 Å². The molecule has 0 atom stereocenters. The molecule has 94 valence electrons. The topological polar surface area (TPSA) is 12.0 Å². The van der Waals surface area contributed by atoms with Gasteiger partial charge in [-0.3, -0.25) is 0 Å². The van der Waals surface area contributed by atoms with Crippen LogP contribution in [-0.2, 0) is 6.54 Å². The van der Waals surface area contributed by atoms with Crippen LogP contribution in [0, 0.1) is 19.7 Å². The fourth-order valence-electron chi connectivity index (χ4n) is 1.72. The number of halogens is 2. The molecular weight excluding hydrogens is 293 g/mol. The summed E-state index contributed by atoms with van der Waals surface area (Å²) < 4.78 is 14.4. The van der Waals surface area contributed by atoms with Gasteiger partial charge in [0.2, 0.25) is 0 Å². The second-order valence-corrected chi connectivity index (χ2v) is 5.27. The highest BCUT2D eigenvalue weighted by Gasteiger charge is 2.02. The van der Waals surface area contributed by atoms with Crippen molar-refractivity contribution in [1.82, 2.24) is 0 Å². The molecule has 1 N–H and O–H groups in total. The van der Waals surface area contributed by atoms with Crippen LogP contribution < -0.4 is 5.32 Å². The number of nitrogens with one attached hydrogen (secondary N) is 1. The van der Waals surface area contributed by atoms with E-state index >= 15 is 0 Å². The SMILES string of the molecule is Cc1ccc(Br)c(NCc2ccc(C)c(F)c2)c1. The van der Waals surface area contributed by atoms with Crippen LogP contribution in [0.25, 0.3) is 0 Å². The predicted octanol–water partition coefficient (Wildman–Crippen LogP) is 4.82. The normalized spacial score (nSPS) is 10.4. The van der Waals surface area contributed by atoms with Crippen molar-refractivity contribution in [3.8, 4) is 0 Å². The number of rotatable bonds is 3. The Balaban J connectivity index is 2.11. The highest BCUT2D eigenvalue weighted by molar-refractivity contribution is 9.10. The van der Waals surface area contributed by atoms with E-state index in [4.69, 9.17) is 0 Å². The van der Waals surface area contributed by atoms with E-state index in [2.05, 4.69) is 27.3 Å². The first-order valence-corrected chi connectivity index (χ1v) is 6.60. The van der Waals surface area contributed by atoms with Crippen molar-refractivity contribution in [3.05, 3.63) is 63.4 Å². The number of hydrogen-bond donors (Lipinski definition) is 1. The van der Waals surface area contributed by atoms with E-state index in [1.807, 2.05) is 25.1 Å². The van der Waals surface area contributed by atoms with Gasteiger partial charge in [0.05, 0.1) is 0 Å². The van der Waals surface area contributed by atoms with Crippen LogP contribution >= 0.6 is 15.9 Å². The zero-order chi connectivity index (χ0) is 13.1. The minimum absolute atomic E-state index is 0.155. The Morgan fingerprint density at radius 2 is 1.89 bits per heavy atom. The third-order valence-electron chi connectivity index (χ3n) is 2.84. The van der Waals surface area contributed by atoms with Crippen molar-refractivity contribution in [2.75, 3.05) is 5.32 Å². The molecule has 1 nitrogen and oxygen atoms in total. The van der Waals surface area contributed by atoms with Crippen LogP contribution in [0.2, 0.25) is 0 Å². The summed E-state index contributed by atoms with van der Waals surface area (Å²) in [5.74, 6) is -0.155. The first-order chi connectivity index (χ1) is 8.56. The van der Waals surface area contributed by atoms with E-state index in [0.717, 1.165) is 15.7 Å². The Kier molecular flexibility index (Phi) is 4.02. The summed E-state index contributed by atoms with van der Waals surface area (Å²) in [6.45, 7) is 4.42. The van der Waals surface area contributed by atoms with Crippen LogP contribution in [0.3, 0.4) is 0 Å². The Bertz CT molecular complexity index is 566. The molecule has 0 bridgehead atoms. The van der Waals surface area contributed by atoms with E-state index in [1.165, 1.54) is 5.56 Å². The molecule has 18 heavy (non-hydrogen) atoms. The van der Waals surface area contributed by atoms with Gasteiger partial charge >= 0.3 is 0 Å². The average Bonchev–Trinajstić information content (AvgIpc) is 2.34. The van der Waals surface area contributed by atoms with E-state index < -0.39 is 0 Å². The zero-order valence-electron chi connectivity index (χ0n) is 10.4. The zero-order valence-corrected chi connectivity index (χ0v) is 12.0. The molecule has 3 heteroatoms. The second-order valence-electron chi connectivity index (χ2n) is 4.42. The highest BCUT2D eigenvalue weighted by Crippen LogP contribution is 2.24. The van der Waals surface area contributed by atoms with E-state index in [1.54, 1.807) is 19.1 Å². The molecule has 2 rings (SSSR count). The van der Waals surface area contributed by atoms with E-state index in [9.17, 15) is 4.39 Å². The number of aryl methyl sites for hydroxylation is 2. The van der Waals surface area contributed by atoms with Crippen molar-refractivity contribution in [2.45, 2.75) is 20.4 Å². The van der Waals surface area contributed by atoms with Gasteiger partial charge in [-0.05, 0) is 64.7 Å². The maximum atomic E-state index is 13.4. The summed E-state index contributed by atoms with van der Waals surface area (Å²) in [5.41, 5.74) is 3.83. The monoisotopic (exact) mass is 307 g/mol. The van der Waals surface area contributed by atoms with Gasteiger partial charge in [0.15, 0.2) is 0 Å². The molecule has 0 saturated heterocycles. The maximum absolute atomic E-state index is 13.4. The smallest absolute Gasteiger partial charge is 0.126 e. The van der Waals surface area contributed by atoms with Gasteiger partial charge < -0.3 is 5.32 Å². The lowest BCUT2D eigenvalue weighted by Gasteiger charge is -2.10. The molecule has 0 aliphatic rings. The molecule has 0 unspecified atom stereocenters. The summed E-state index contributed by atoms with van der Waals surface area (Å²) in [7, 11) is 0. The van der Waals surface area contributed by atoms with Crippen LogP contribution in [0.1, 0.15) is 16.7 Å². The van der Waals surface area contributed by atoms with Gasteiger partial charge in [-0.15, -0.1) is 0 Å². The molecular formula is C15H15BrFN. The molecule has 0 aliphatic carbocycles. The molecule has 0 fully saturated rings. The molecule has 0 radical (unpaired) electrons. The van der Waals surface area contributed by atoms with E-state index in [-0.39, 0.29) is 5.82 Å². The van der Waals surface area contributed by atoms with Gasteiger partial charge in [0.1, 0.15) is 5.82 Å². The average molecular weight is 308 g/mol. The molecule has 0 aromatic heterocycles. The minimum atomic E-state index is -0.155. The molecule has 0 saturated carbocycles. The Morgan fingerprint density at radius 3 is 2.61 bits per heavy atom. The molecule has 0 amide bonds. The lowest BCUT2D eigenvalue weighted by molar-refractivity contribution is 0.616. The summed E-state index contributed by atoms with van der Waals surface area (Å²) >= 11 is 3.49. The minimum Gasteiger partial charge on any atom is -0.380 e. The second kappa shape index (κ2) is 5.53. The van der Waals surface area contributed by atoms with Crippen LogP contribution in [0.4, 0.5) is 10.1 Å². The van der Waals surface area contributed by atoms with E-state index in [0.29, 0.717) is 12.1 Å². The maximum Gasteiger partial charge on any atom is 0.126 e. The van der Waals surface area contributed by atoms with Crippen molar-refractivity contribution in [2.24, 2.45) is 0 Å². The first-order valence-electron chi connectivity index (χ1n) is 5.81. The van der Waals surface area contributed by atoms with Gasteiger partial charge in [0.25, 0.3) is 0 Å². The number of benzene rings is 2. The Hall–Kier alpha value is -1.35. The lowest BCUT2D eigenvalue weighted by Crippen LogP contribution is -2.01. The summed E-state index contributed by atoms with van der Waals surface area (Å²) in [5, 5.41) is 3.30. The molecule has 0 spiro atoms. The third-order valence-corrected chi connectivity index (χ3v) is 3.53. The van der Waals surface area contributed by atoms with Gasteiger partial charge in [-0.25, -0.2) is 4.39 Å². The first kappa shape index (κ1) is 13.1. The van der Waals surface area contributed by atoms with Crippen LogP contribution in [0.15, 0.2) is 40.9 Å². The standard InChI is InChI=1S/C15H15BrFN/c1-10-3-6-13(16)15(7-10)18-9-12-5-4-11(2)14(17)8-12/h3-8,18H,9H2,1-2H3. The van der Waals surface area contributed by atoms with Crippen molar-refractivity contribution in [1.29, 1.82) is 0 Å². The van der Waals surface area contributed by atoms with Crippen LogP contribution in [-0.4, -0.2) is 0 Å². The van der Waals surface area contributed by atoms with Gasteiger partial charge in [-0.1, -0.05) is 18.2 Å². The lowest BCUT2D eigenvalue weighted by atomic mass is 10.1. The molecule has 0 aliphatic heterocycles.